The summed E-state index contributed by atoms with van der Waals surface area (Å²) >= 11 is 6.30. The van der Waals surface area contributed by atoms with Crippen molar-refractivity contribution in [1.82, 2.24) is 0 Å². The highest BCUT2D eigenvalue weighted by molar-refractivity contribution is 6.34. The lowest BCUT2D eigenvalue weighted by Crippen LogP contribution is -2.24. The van der Waals surface area contributed by atoms with Crippen LogP contribution in [0.4, 0.5) is 11.4 Å². The van der Waals surface area contributed by atoms with Crippen molar-refractivity contribution >= 4 is 40.9 Å². The van der Waals surface area contributed by atoms with E-state index >= 15 is 0 Å². The number of anilines is 2. The maximum absolute atomic E-state index is 12.1. The van der Waals surface area contributed by atoms with E-state index in [9.17, 15) is 9.59 Å². The Balaban J connectivity index is 1.62. The predicted molar refractivity (Wildman–Crippen MR) is 108 cm³/mol. The first-order chi connectivity index (χ1) is 13.1. The Labute approximate surface area is 163 Å². The van der Waals surface area contributed by atoms with Crippen LogP contribution in [0.3, 0.4) is 0 Å². The second-order valence-electron chi connectivity index (χ2n) is 6.14. The van der Waals surface area contributed by atoms with Gasteiger partial charge in [0.05, 0.1) is 17.3 Å². The summed E-state index contributed by atoms with van der Waals surface area (Å²) in [5.74, 6) is 0.613. The number of halogens is 1. The zero-order valence-electron chi connectivity index (χ0n) is 15.1. The molecule has 0 bridgehead atoms. The van der Waals surface area contributed by atoms with Crippen LogP contribution in [0.25, 0.3) is 6.08 Å². The second kappa shape index (κ2) is 8.73. The third-order valence-electron chi connectivity index (χ3n) is 4.20. The van der Waals surface area contributed by atoms with Crippen molar-refractivity contribution in [1.29, 1.82) is 0 Å². The van der Waals surface area contributed by atoms with Crippen molar-refractivity contribution < 1.29 is 14.3 Å². The Kier molecular flexibility index (Phi) is 6.14. The SMILES string of the molecule is CCOc1ccc(/C=C/C(=O)Nc2ccc(N3CCCC3=O)c(Cl)c2)cc1. The topological polar surface area (TPSA) is 58.6 Å². The fourth-order valence-corrected chi connectivity index (χ4v) is 3.19. The van der Waals surface area contributed by atoms with E-state index in [0.29, 0.717) is 36.0 Å². The van der Waals surface area contributed by atoms with Gasteiger partial charge in [0, 0.05) is 24.7 Å². The van der Waals surface area contributed by atoms with E-state index in [-0.39, 0.29) is 11.8 Å². The molecule has 2 amide bonds. The van der Waals surface area contributed by atoms with E-state index in [1.165, 1.54) is 6.08 Å². The van der Waals surface area contributed by atoms with E-state index in [2.05, 4.69) is 5.32 Å². The highest BCUT2D eigenvalue weighted by atomic mass is 35.5. The molecule has 5 nitrogen and oxygen atoms in total. The van der Waals surface area contributed by atoms with Gasteiger partial charge in [-0.05, 0) is 55.3 Å². The number of amides is 2. The van der Waals surface area contributed by atoms with Gasteiger partial charge in [0.25, 0.3) is 0 Å². The lowest BCUT2D eigenvalue weighted by Gasteiger charge is -2.17. The maximum atomic E-state index is 12.1. The molecule has 2 aromatic carbocycles. The molecule has 0 aliphatic carbocycles. The molecule has 1 fully saturated rings. The van der Waals surface area contributed by atoms with Gasteiger partial charge in [-0.3, -0.25) is 9.59 Å². The smallest absolute Gasteiger partial charge is 0.248 e. The molecule has 0 aromatic heterocycles. The van der Waals surface area contributed by atoms with Crippen LogP contribution >= 0.6 is 11.6 Å². The highest BCUT2D eigenvalue weighted by Crippen LogP contribution is 2.31. The number of hydrogen-bond acceptors (Lipinski definition) is 3. The first-order valence-electron chi connectivity index (χ1n) is 8.88. The monoisotopic (exact) mass is 384 g/mol. The lowest BCUT2D eigenvalue weighted by molar-refractivity contribution is -0.117. The molecule has 0 atom stereocenters. The predicted octanol–water partition coefficient (Wildman–Crippen LogP) is 4.52. The molecule has 6 heteroatoms. The second-order valence-corrected chi connectivity index (χ2v) is 6.55. The molecule has 0 spiro atoms. The Morgan fingerprint density at radius 3 is 2.67 bits per heavy atom. The zero-order chi connectivity index (χ0) is 19.2. The van der Waals surface area contributed by atoms with Gasteiger partial charge in [-0.25, -0.2) is 0 Å². The third kappa shape index (κ3) is 4.89. The van der Waals surface area contributed by atoms with Crippen molar-refractivity contribution in [3.05, 3.63) is 59.1 Å². The summed E-state index contributed by atoms with van der Waals surface area (Å²) < 4.78 is 5.39. The minimum absolute atomic E-state index is 0.0759. The molecule has 27 heavy (non-hydrogen) atoms. The minimum Gasteiger partial charge on any atom is -0.494 e. The molecule has 0 saturated carbocycles. The molecule has 1 saturated heterocycles. The highest BCUT2D eigenvalue weighted by Gasteiger charge is 2.23. The zero-order valence-corrected chi connectivity index (χ0v) is 15.8. The van der Waals surface area contributed by atoms with Crippen LogP contribution in [0.15, 0.2) is 48.5 Å². The summed E-state index contributed by atoms with van der Waals surface area (Å²) in [6, 6.07) is 12.7. The van der Waals surface area contributed by atoms with E-state index in [4.69, 9.17) is 16.3 Å². The summed E-state index contributed by atoms with van der Waals surface area (Å²) in [5.41, 5.74) is 2.16. The summed E-state index contributed by atoms with van der Waals surface area (Å²) in [4.78, 5) is 25.7. The minimum atomic E-state index is -0.259. The van der Waals surface area contributed by atoms with Crippen LogP contribution in [0.1, 0.15) is 25.3 Å². The van der Waals surface area contributed by atoms with Crippen LogP contribution in [0, 0.1) is 0 Å². The molecule has 0 radical (unpaired) electrons. The van der Waals surface area contributed by atoms with Gasteiger partial charge in [0.15, 0.2) is 0 Å². The summed E-state index contributed by atoms with van der Waals surface area (Å²) in [7, 11) is 0. The molecule has 140 valence electrons. The first-order valence-corrected chi connectivity index (χ1v) is 9.26. The summed E-state index contributed by atoms with van der Waals surface area (Å²) in [5, 5.41) is 3.22. The van der Waals surface area contributed by atoms with E-state index in [0.717, 1.165) is 17.7 Å². The Morgan fingerprint density at radius 2 is 2.04 bits per heavy atom. The largest absolute Gasteiger partial charge is 0.494 e. The summed E-state index contributed by atoms with van der Waals surface area (Å²) in [6.07, 6.45) is 4.57. The number of ether oxygens (including phenoxy) is 1. The van der Waals surface area contributed by atoms with Crippen molar-refractivity contribution in [3.63, 3.8) is 0 Å². The lowest BCUT2D eigenvalue weighted by atomic mass is 10.2. The number of benzene rings is 2. The number of hydrogen-bond donors (Lipinski definition) is 1. The van der Waals surface area contributed by atoms with Crippen molar-refractivity contribution in [3.8, 4) is 5.75 Å². The van der Waals surface area contributed by atoms with Gasteiger partial charge >= 0.3 is 0 Å². The average molecular weight is 385 g/mol. The van der Waals surface area contributed by atoms with Crippen molar-refractivity contribution in [2.24, 2.45) is 0 Å². The van der Waals surface area contributed by atoms with Crippen LogP contribution in [-0.4, -0.2) is 25.0 Å². The maximum Gasteiger partial charge on any atom is 0.248 e. The van der Waals surface area contributed by atoms with Gasteiger partial charge in [0.2, 0.25) is 11.8 Å². The van der Waals surface area contributed by atoms with E-state index in [1.54, 1.807) is 29.2 Å². The fourth-order valence-electron chi connectivity index (χ4n) is 2.90. The van der Waals surface area contributed by atoms with Crippen molar-refractivity contribution in [2.45, 2.75) is 19.8 Å². The van der Waals surface area contributed by atoms with Gasteiger partial charge in [-0.1, -0.05) is 23.7 Å². The Hall–Kier alpha value is -2.79. The average Bonchev–Trinajstić information content (AvgIpc) is 3.07. The molecule has 1 aliphatic rings. The van der Waals surface area contributed by atoms with Gasteiger partial charge in [0.1, 0.15) is 5.75 Å². The van der Waals surface area contributed by atoms with Gasteiger partial charge < -0.3 is 15.0 Å². The molecule has 1 N–H and O–H groups in total. The molecule has 0 unspecified atom stereocenters. The molecular formula is C21H21ClN2O3. The summed E-state index contributed by atoms with van der Waals surface area (Å²) in [6.45, 7) is 3.22. The molecule has 2 aromatic rings. The normalized spacial score (nSPS) is 14.0. The number of rotatable bonds is 6. The molecule has 1 aliphatic heterocycles. The van der Waals surface area contributed by atoms with Crippen LogP contribution < -0.4 is 15.0 Å². The van der Waals surface area contributed by atoms with Crippen LogP contribution in [0.5, 0.6) is 5.75 Å². The molecular weight excluding hydrogens is 364 g/mol. The van der Waals surface area contributed by atoms with Crippen LogP contribution in [0.2, 0.25) is 5.02 Å². The van der Waals surface area contributed by atoms with Gasteiger partial charge in [-0.2, -0.15) is 0 Å². The van der Waals surface area contributed by atoms with Crippen LogP contribution in [-0.2, 0) is 9.59 Å². The van der Waals surface area contributed by atoms with E-state index < -0.39 is 0 Å². The number of nitrogens with one attached hydrogen (secondary N) is 1. The number of nitrogens with zero attached hydrogens (tertiary/aromatic N) is 1. The standard InChI is InChI=1S/C21H21ClN2O3/c1-2-27-17-9-5-15(6-10-17)7-12-20(25)23-16-8-11-19(18(22)14-16)24-13-3-4-21(24)26/h5-12,14H,2-4,13H2,1H3,(H,23,25)/b12-7+. The third-order valence-corrected chi connectivity index (χ3v) is 4.50. The quantitative estimate of drug-likeness (QED) is 0.745. The molecule has 1 heterocycles. The Bertz CT molecular complexity index is 862. The number of carbonyl (C=O) groups is 2. The fraction of sp³-hybridized carbons (Fsp3) is 0.238. The molecule has 3 rings (SSSR count). The van der Waals surface area contributed by atoms with Gasteiger partial charge in [-0.15, -0.1) is 0 Å². The van der Waals surface area contributed by atoms with Crippen molar-refractivity contribution in [2.75, 3.05) is 23.4 Å². The first kappa shape index (κ1) is 19.0. The number of carbonyl (C=O) groups excluding carboxylic acids is 2. The Morgan fingerprint density at radius 1 is 1.26 bits per heavy atom. The van der Waals surface area contributed by atoms with E-state index in [1.807, 2.05) is 31.2 Å².